The minimum Gasteiger partial charge on any atom is -0.490 e. The summed E-state index contributed by atoms with van der Waals surface area (Å²) in [5, 5.41) is 0. The molecule has 34 heavy (non-hydrogen) atoms. The van der Waals surface area contributed by atoms with E-state index >= 15 is 0 Å². The van der Waals surface area contributed by atoms with E-state index in [1.807, 2.05) is 29.2 Å². The number of carbonyl (C=O) groups is 1. The number of rotatable bonds is 6. The highest BCUT2D eigenvalue weighted by molar-refractivity contribution is 7.90. The lowest BCUT2D eigenvalue weighted by Crippen LogP contribution is -2.42. The van der Waals surface area contributed by atoms with Crippen molar-refractivity contribution in [1.29, 1.82) is 0 Å². The Morgan fingerprint density at radius 2 is 1.68 bits per heavy atom. The van der Waals surface area contributed by atoms with E-state index < -0.39 is 9.84 Å². The molecule has 7 heteroatoms. The van der Waals surface area contributed by atoms with E-state index in [1.54, 1.807) is 12.1 Å². The second-order valence-corrected chi connectivity index (χ2v) is 12.0. The van der Waals surface area contributed by atoms with Crippen LogP contribution in [-0.4, -0.2) is 51.2 Å². The number of benzene rings is 2. The van der Waals surface area contributed by atoms with Crippen molar-refractivity contribution in [2.45, 2.75) is 62.4 Å². The van der Waals surface area contributed by atoms with Crippen LogP contribution in [0.3, 0.4) is 0 Å². The molecule has 5 rings (SSSR count). The maximum Gasteiger partial charge on any atom is 0.222 e. The predicted molar refractivity (Wildman–Crippen MR) is 134 cm³/mol. The van der Waals surface area contributed by atoms with Gasteiger partial charge in [0.2, 0.25) is 5.91 Å². The highest BCUT2D eigenvalue weighted by Crippen LogP contribution is 2.40. The van der Waals surface area contributed by atoms with Crippen molar-refractivity contribution in [1.82, 2.24) is 4.90 Å². The average Bonchev–Trinajstić information content (AvgIpc) is 3.49. The van der Waals surface area contributed by atoms with Crippen molar-refractivity contribution >= 4 is 27.1 Å². The van der Waals surface area contributed by atoms with Crippen molar-refractivity contribution < 1.29 is 17.9 Å². The fourth-order valence-corrected chi connectivity index (χ4v) is 6.28. The first-order valence-corrected chi connectivity index (χ1v) is 14.4. The van der Waals surface area contributed by atoms with Gasteiger partial charge in [-0.3, -0.25) is 4.79 Å². The van der Waals surface area contributed by atoms with Gasteiger partial charge in [-0.25, -0.2) is 8.42 Å². The van der Waals surface area contributed by atoms with E-state index in [9.17, 15) is 13.2 Å². The molecule has 2 aromatic rings. The van der Waals surface area contributed by atoms with Crippen molar-refractivity contribution in [2.75, 3.05) is 30.8 Å². The fourth-order valence-electron chi connectivity index (χ4n) is 5.65. The van der Waals surface area contributed by atoms with Crippen LogP contribution in [0, 0.1) is 5.92 Å². The van der Waals surface area contributed by atoms with Gasteiger partial charge in [-0.15, -0.1) is 0 Å². The van der Waals surface area contributed by atoms with E-state index in [0.717, 1.165) is 62.4 Å². The molecule has 0 aromatic heterocycles. The second kappa shape index (κ2) is 9.61. The Morgan fingerprint density at radius 1 is 0.971 bits per heavy atom. The summed E-state index contributed by atoms with van der Waals surface area (Å²) >= 11 is 0. The standard InChI is InChI=1S/C27H34N2O4S/c1-34(31,32)23-11-9-21(10-12-23)29-18-15-24-25(29)7-4-8-26(24)33-22-13-16-28(17-14-22)27(30)19-20-5-2-3-6-20/h4,7-12,20,22H,2-3,5-6,13-19H2,1H3. The van der Waals surface area contributed by atoms with Gasteiger partial charge in [-0.05, 0) is 61.6 Å². The molecule has 3 aliphatic rings. The van der Waals surface area contributed by atoms with Crippen LogP contribution in [0.4, 0.5) is 11.4 Å². The molecular weight excluding hydrogens is 448 g/mol. The summed E-state index contributed by atoms with van der Waals surface area (Å²) in [5.41, 5.74) is 3.31. The molecule has 0 spiro atoms. The monoisotopic (exact) mass is 482 g/mol. The number of carbonyl (C=O) groups excluding carboxylic acids is 1. The molecule has 1 aliphatic carbocycles. The molecule has 6 nitrogen and oxygen atoms in total. The van der Waals surface area contributed by atoms with Crippen molar-refractivity contribution in [3.63, 3.8) is 0 Å². The Kier molecular flexibility index (Phi) is 6.56. The Bertz CT molecular complexity index is 1130. The van der Waals surface area contributed by atoms with Gasteiger partial charge in [0, 0.05) is 62.1 Å². The third kappa shape index (κ3) is 4.95. The zero-order valence-electron chi connectivity index (χ0n) is 19.9. The molecule has 0 radical (unpaired) electrons. The van der Waals surface area contributed by atoms with E-state index in [0.29, 0.717) is 16.7 Å². The summed E-state index contributed by atoms with van der Waals surface area (Å²) in [5.74, 6) is 1.85. The summed E-state index contributed by atoms with van der Waals surface area (Å²) < 4.78 is 30.0. The molecule has 2 fully saturated rings. The summed E-state index contributed by atoms with van der Waals surface area (Å²) in [6.07, 6.45) is 9.69. The fraction of sp³-hybridized carbons (Fsp3) is 0.519. The highest BCUT2D eigenvalue weighted by atomic mass is 32.2. The second-order valence-electron chi connectivity index (χ2n) is 9.97. The number of hydrogen-bond donors (Lipinski definition) is 0. The van der Waals surface area contributed by atoms with Crippen LogP contribution in [0.2, 0.25) is 0 Å². The zero-order chi connectivity index (χ0) is 23.7. The van der Waals surface area contributed by atoms with Crippen LogP contribution in [0.25, 0.3) is 0 Å². The van der Waals surface area contributed by atoms with Gasteiger partial charge in [-0.2, -0.15) is 0 Å². The summed E-state index contributed by atoms with van der Waals surface area (Å²) in [6, 6.07) is 13.3. The number of amides is 1. The molecule has 1 amide bonds. The van der Waals surface area contributed by atoms with Gasteiger partial charge in [0.25, 0.3) is 0 Å². The van der Waals surface area contributed by atoms with Gasteiger partial charge in [0.1, 0.15) is 11.9 Å². The first-order chi connectivity index (χ1) is 16.4. The molecule has 2 aromatic carbocycles. The van der Waals surface area contributed by atoms with Crippen molar-refractivity contribution in [3.05, 3.63) is 48.0 Å². The number of fused-ring (bicyclic) bond motifs is 1. The third-order valence-electron chi connectivity index (χ3n) is 7.59. The normalized spacial score (nSPS) is 19.4. The van der Waals surface area contributed by atoms with Crippen LogP contribution in [-0.2, 0) is 21.1 Å². The van der Waals surface area contributed by atoms with E-state index in [-0.39, 0.29) is 6.10 Å². The minimum atomic E-state index is -3.21. The number of hydrogen-bond acceptors (Lipinski definition) is 5. The number of ether oxygens (including phenoxy) is 1. The Balaban J connectivity index is 1.21. The molecule has 1 saturated carbocycles. The molecule has 0 atom stereocenters. The van der Waals surface area contributed by atoms with Crippen LogP contribution in [0.1, 0.15) is 50.5 Å². The Hall–Kier alpha value is -2.54. The average molecular weight is 483 g/mol. The molecule has 0 unspecified atom stereocenters. The van der Waals surface area contributed by atoms with Crippen molar-refractivity contribution in [3.8, 4) is 5.75 Å². The number of anilines is 2. The summed E-state index contributed by atoms with van der Waals surface area (Å²) in [7, 11) is -3.21. The minimum absolute atomic E-state index is 0.130. The van der Waals surface area contributed by atoms with Crippen LogP contribution >= 0.6 is 0 Å². The van der Waals surface area contributed by atoms with Gasteiger partial charge in [0.05, 0.1) is 4.90 Å². The van der Waals surface area contributed by atoms with Gasteiger partial charge >= 0.3 is 0 Å². The van der Waals surface area contributed by atoms with Gasteiger partial charge in [0.15, 0.2) is 9.84 Å². The van der Waals surface area contributed by atoms with Crippen LogP contribution in [0.5, 0.6) is 5.75 Å². The smallest absolute Gasteiger partial charge is 0.222 e. The quantitative estimate of drug-likeness (QED) is 0.595. The van der Waals surface area contributed by atoms with E-state index in [1.165, 1.54) is 37.5 Å². The first-order valence-electron chi connectivity index (χ1n) is 12.5. The lowest BCUT2D eigenvalue weighted by molar-refractivity contribution is -0.134. The van der Waals surface area contributed by atoms with Crippen molar-refractivity contribution in [2.24, 2.45) is 5.92 Å². The predicted octanol–water partition coefficient (Wildman–Crippen LogP) is 4.73. The maximum absolute atomic E-state index is 12.7. The largest absolute Gasteiger partial charge is 0.490 e. The maximum atomic E-state index is 12.7. The molecule has 182 valence electrons. The Labute approximate surface area is 202 Å². The number of piperidine rings is 1. The molecule has 0 N–H and O–H groups in total. The molecule has 2 aliphatic heterocycles. The van der Waals surface area contributed by atoms with E-state index in [2.05, 4.69) is 11.0 Å². The highest BCUT2D eigenvalue weighted by Gasteiger charge is 2.29. The molecule has 1 saturated heterocycles. The van der Waals surface area contributed by atoms with E-state index in [4.69, 9.17) is 4.74 Å². The summed E-state index contributed by atoms with van der Waals surface area (Å²) in [6.45, 7) is 2.40. The molecular formula is C27H34N2O4S. The summed E-state index contributed by atoms with van der Waals surface area (Å²) in [4.78, 5) is 17.3. The lowest BCUT2D eigenvalue weighted by Gasteiger charge is -2.33. The third-order valence-corrected chi connectivity index (χ3v) is 8.72. The topological polar surface area (TPSA) is 66.9 Å². The van der Waals surface area contributed by atoms with Gasteiger partial charge in [-0.1, -0.05) is 18.9 Å². The zero-order valence-corrected chi connectivity index (χ0v) is 20.7. The SMILES string of the molecule is CS(=O)(=O)c1ccc(N2CCc3c(OC4CCN(C(=O)CC5CCCC5)CC4)cccc32)cc1. The Morgan fingerprint density at radius 3 is 2.35 bits per heavy atom. The number of nitrogens with zero attached hydrogens (tertiary/aromatic N) is 2. The molecule has 2 heterocycles. The van der Waals surface area contributed by atoms with Crippen LogP contribution in [0.15, 0.2) is 47.4 Å². The number of likely N-dealkylation sites (tertiary alicyclic amines) is 1. The molecule has 0 bridgehead atoms. The number of sulfone groups is 1. The van der Waals surface area contributed by atoms with Gasteiger partial charge < -0.3 is 14.5 Å². The first kappa shape index (κ1) is 23.2. The lowest BCUT2D eigenvalue weighted by atomic mass is 10.0. The van der Waals surface area contributed by atoms with Crippen LogP contribution < -0.4 is 9.64 Å².